The number of rotatable bonds is 22. The van der Waals surface area contributed by atoms with Gasteiger partial charge in [0.1, 0.15) is 34.5 Å². The molecule has 0 bridgehead atoms. The summed E-state index contributed by atoms with van der Waals surface area (Å²) >= 11 is 2.01. The summed E-state index contributed by atoms with van der Waals surface area (Å²) in [6.07, 6.45) is 4.73. The van der Waals surface area contributed by atoms with Gasteiger partial charge in [0.2, 0.25) is 0 Å². The summed E-state index contributed by atoms with van der Waals surface area (Å²) in [5, 5.41) is 9.62. The molecule has 5 aromatic rings. The summed E-state index contributed by atoms with van der Waals surface area (Å²) in [7, 11) is 0. The van der Waals surface area contributed by atoms with E-state index in [2.05, 4.69) is 18.0 Å². The lowest BCUT2D eigenvalue weighted by Gasteiger charge is -2.12. The van der Waals surface area contributed by atoms with Crippen LogP contribution < -0.4 is 28.4 Å². The highest BCUT2D eigenvalue weighted by atomic mass is 32.2. The predicted molar refractivity (Wildman–Crippen MR) is 255 cm³/mol. The second kappa shape index (κ2) is 25.5. The van der Waals surface area contributed by atoms with Crippen LogP contribution in [0.15, 0.2) is 154 Å². The van der Waals surface area contributed by atoms with Gasteiger partial charge in [0.15, 0.2) is 0 Å². The SMILES string of the molecule is [C-]#[N+]C(C#N)=C1Sc2c(OC(=O)c3ccc(OC(=O)c4ccc(OCCCCOC(=O)C=C)cc4)cc3)ccc(OC(=O)c3ccc(OC(=O)c4ccc(OCCCCOC(=O)C=C)cc4)cc3)c2S1. The fourth-order valence-corrected chi connectivity index (χ4v) is 8.36. The second-order valence-corrected chi connectivity index (χ2v) is 16.6. The van der Waals surface area contributed by atoms with Gasteiger partial charge in [-0.2, -0.15) is 0 Å². The lowest BCUT2D eigenvalue weighted by Crippen LogP contribution is -2.12. The van der Waals surface area contributed by atoms with E-state index in [4.69, 9.17) is 44.5 Å². The number of hydrogen-bond acceptors (Lipinski definition) is 17. The molecule has 1 heterocycles. The normalized spacial score (nSPS) is 11.0. The van der Waals surface area contributed by atoms with Crippen molar-refractivity contribution in [2.75, 3.05) is 26.4 Å². The number of esters is 6. The number of nitriles is 1. The van der Waals surface area contributed by atoms with E-state index in [1.165, 1.54) is 60.7 Å². The van der Waals surface area contributed by atoms with Gasteiger partial charge in [-0.3, -0.25) is 0 Å². The first-order chi connectivity index (χ1) is 34.0. The molecule has 18 heteroatoms. The Labute approximate surface area is 410 Å². The van der Waals surface area contributed by atoms with E-state index in [0.717, 1.165) is 35.7 Å². The van der Waals surface area contributed by atoms with E-state index >= 15 is 0 Å². The van der Waals surface area contributed by atoms with Crippen molar-refractivity contribution in [3.8, 4) is 40.6 Å². The molecule has 1 aliphatic heterocycles. The quantitative estimate of drug-likeness (QED) is 0.0158. The number of unbranched alkanes of at least 4 members (excludes halogenated alkanes) is 2. The number of benzene rings is 5. The molecule has 354 valence electrons. The molecule has 0 atom stereocenters. The van der Waals surface area contributed by atoms with E-state index < -0.39 is 35.8 Å². The van der Waals surface area contributed by atoms with Crippen LogP contribution in [-0.4, -0.2) is 62.2 Å². The van der Waals surface area contributed by atoms with Crippen molar-refractivity contribution in [1.29, 1.82) is 5.26 Å². The maximum atomic E-state index is 13.4. The van der Waals surface area contributed by atoms with Crippen LogP contribution in [0.25, 0.3) is 4.85 Å². The highest BCUT2D eigenvalue weighted by Gasteiger charge is 2.30. The van der Waals surface area contributed by atoms with Gasteiger partial charge in [0, 0.05) is 12.2 Å². The summed E-state index contributed by atoms with van der Waals surface area (Å²) in [4.78, 5) is 78.6. The first kappa shape index (κ1) is 50.8. The summed E-state index contributed by atoms with van der Waals surface area (Å²) < 4.78 is 44.0. The third-order valence-corrected chi connectivity index (χ3v) is 12.1. The van der Waals surface area contributed by atoms with Crippen LogP contribution in [-0.2, 0) is 19.1 Å². The van der Waals surface area contributed by atoms with Crippen molar-refractivity contribution in [1.82, 2.24) is 0 Å². The molecule has 0 aromatic heterocycles. The van der Waals surface area contributed by atoms with E-state index in [-0.39, 0.29) is 68.4 Å². The zero-order chi connectivity index (χ0) is 49.8. The van der Waals surface area contributed by atoms with Crippen LogP contribution in [0.5, 0.6) is 34.5 Å². The van der Waals surface area contributed by atoms with E-state index in [0.29, 0.717) is 60.2 Å². The standard InChI is InChI=1S/C52H40N2O14S2/c1-4-44(55)63-30-8-6-28-61-37-18-10-33(11-19-37)48(57)65-39-22-14-35(15-23-39)50(59)67-42-26-27-43(47-46(42)69-52(70-47)41(32-53)54-3)68-51(60)36-16-24-40(25-17-36)66-49(58)34-12-20-38(21-13-34)62-29-7-9-31-64-45(56)5-2/h4-5,10-27H,1-2,6-9,28-31H2. The zero-order valence-electron chi connectivity index (χ0n) is 37.0. The Morgan fingerprint density at radius 3 is 1.16 bits per heavy atom. The molecule has 70 heavy (non-hydrogen) atoms. The monoisotopic (exact) mass is 980 g/mol. The molecule has 0 spiro atoms. The van der Waals surface area contributed by atoms with Gasteiger partial charge < -0.3 is 37.9 Å². The van der Waals surface area contributed by atoms with Crippen molar-refractivity contribution in [2.45, 2.75) is 35.5 Å². The molecule has 5 aromatic carbocycles. The van der Waals surface area contributed by atoms with Gasteiger partial charge in [0.25, 0.3) is 5.70 Å². The Balaban J connectivity index is 1.02. The van der Waals surface area contributed by atoms with Gasteiger partial charge in [-0.05, 0) is 135 Å². The number of allylic oxidation sites excluding steroid dienone is 1. The fraction of sp³-hybridized carbons (Fsp3) is 0.154. The third kappa shape index (κ3) is 14.5. The molecule has 6 rings (SSSR count). The Kier molecular flexibility index (Phi) is 18.5. The van der Waals surface area contributed by atoms with Gasteiger partial charge in [-0.1, -0.05) is 36.7 Å². The number of ether oxygens (including phenoxy) is 8. The van der Waals surface area contributed by atoms with Crippen molar-refractivity contribution in [3.63, 3.8) is 0 Å². The fourth-order valence-electron chi connectivity index (χ4n) is 5.89. The Bertz CT molecular complexity index is 2690. The lowest BCUT2D eigenvalue weighted by molar-refractivity contribution is -0.138. The molecule has 0 amide bonds. The van der Waals surface area contributed by atoms with E-state index in [1.54, 1.807) is 48.5 Å². The summed E-state index contributed by atoms with van der Waals surface area (Å²) in [6.45, 7) is 15.5. The molecular weight excluding hydrogens is 941 g/mol. The van der Waals surface area contributed by atoms with E-state index in [1.807, 2.05) is 6.07 Å². The number of thioether (sulfide) groups is 2. The minimum Gasteiger partial charge on any atom is -0.494 e. The maximum Gasteiger partial charge on any atom is 0.343 e. The molecular formula is C52H40N2O14S2. The van der Waals surface area contributed by atoms with Crippen molar-refractivity contribution >= 4 is 59.3 Å². The Morgan fingerprint density at radius 2 is 0.829 bits per heavy atom. The maximum absolute atomic E-state index is 13.4. The molecule has 0 unspecified atom stereocenters. The van der Waals surface area contributed by atoms with Crippen LogP contribution in [0.1, 0.15) is 67.1 Å². The Morgan fingerprint density at radius 1 is 0.500 bits per heavy atom. The van der Waals surface area contributed by atoms with Crippen molar-refractivity contribution in [2.24, 2.45) is 0 Å². The number of hydrogen-bond donors (Lipinski definition) is 0. The topological polar surface area (TPSA) is 204 Å². The summed E-state index contributed by atoms with van der Waals surface area (Å²) in [5.74, 6) is -2.24. The van der Waals surface area contributed by atoms with Crippen LogP contribution in [0, 0.1) is 17.9 Å². The highest BCUT2D eigenvalue weighted by molar-refractivity contribution is 8.24. The minimum absolute atomic E-state index is 0.0700. The third-order valence-electron chi connectivity index (χ3n) is 9.46. The van der Waals surface area contributed by atoms with Crippen LogP contribution in [0.3, 0.4) is 0 Å². The van der Waals surface area contributed by atoms with Crippen molar-refractivity contribution in [3.05, 3.63) is 178 Å². The van der Waals surface area contributed by atoms with Gasteiger partial charge >= 0.3 is 35.8 Å². The van der Waals surface area contributed by atoms with Gasteiger partial charge in [-0.25, -0.2) is 38.9 Å². The minimum atomic E-state index is -0.771. The first-order valence-corrected chi connectivity index (χ1v) is 22.8. The molecule has 0 fully saturated rings. The number of fused-ring (bicyclic) bond motifs is 1. The molecule has 1 aliphatic rings. The molecule has 0 radical (unpaired) electrons. The second-order valence-electron chi connectivity index (χ2n) is 14.3. The molecule has 0 saturated carbocycles. The van der Waals surface area contributed by atoms with Crippen molar-refractivity contribution < 1.29 is 66.7 Å². The molecule has 0 aliphatic carbocycles. The van der Waals surface area contributed by atoms with Crippen LogP contribution >= 0.6 is 23.5 Å². The lowest BCUT2D eigenvalue weighted by atomic mass is 10.2. The Hall–Kier alpha value is -8.58. The van der Waals surface area contributed by atoms with Gasteiger partial charge in [0.05, 0.1) is 75.4 Å². The van der Waals surface area contributed by atoms with Crippen LogP contribution in [0.4, 0.5) is 0 Å². The van der Waals surface area contributed by atoms with Crippen LogP contribution in [0.2, 0.25) is 0 Å². The summed E-state index contributed by atoms with van der Waals surface area (Å²) in [6, 6.07) is 28.8. The largest absolute Gasteiger partial charge is 0.494 e. The predicted octanol–water partition coefficient (Wildman–Crippen LogP) is 10.1. The number of nitrogens with zero attached hydrogens (tertiary/aromatic N) is 2. The molecule has 0 saturated heterocycles. The smallest absolute Gasteiger partial charge is 0.343 e. The molecule has 16 nitrogen and oxygen atoms in total. The number of carbonyl (C=O) groups excluding carboxylic acids is 6. The number of carbonyl (C=O) groups is 6. The average Bonchev–Trinajstić information content (AvgIpc) is 3.83. The average molecular weight is 981 g/mol. The zero-order valence-corrected chi connectivity index (χ0v) is 38.7. The summed E-state index contributed by atoms with van der Waals surface area (Å²) in [5.41, 5.74) is 0.537. The van der Waals surface area contributed by atoms with E-state index in [9.17, 15) is 34.0 Å². The van der Waals surface area contributed by atoms with Gasteiger partial charge in [-0.15, -0.1) is 0 Å². The molecule has 0 N–H and O–H groups in total. The highest BCUT2D eigenvalue weighted by Crippen LogP contribution is 2.59. The first-order valence-electron chi connectivity index (χ1n) is 21.2.